The molecule has 0 aliphatic carbocycles. The number of carbonyl (C=O) groups excluding carboxylic acids is 2. The van der Waals surface area contributed by atoms with Crippen molar-refractivity contribution in [3.8, 4) is 0 Å². The Morgan fingerprint density at radius 2 is 2.21 bits per heavy atom. The molecular weight excluding hydrogens is 312 g/mol. The van der Waals surface area contributed by atoms with E-state index in [0.29, 0.717) is 32.0 Å². The molecule has 3 rings (SSSR count). The van der Waals surface area contributed by atoms with Gasteiger partial charge in [0.1, 0.15) is 17.9 Å². The fourth-order valence-corrected chi connectivity index (χ4v) is 3.10. The smallest absolute Gasteiger partial charge is 0.274 e. The molecule has 2 amide bonds. The zero-order valence-corrected chi connectivity index (χ0v) is 14.0. The number of amides is 2. The normalized spacial score (nSPS) is 21.6. The van der Waals surface area contributed by atoms with Gasteiger partial charge in [-0.2, -0.15) is 0 Å². The van der Waals surface area contributed by atoms with Crippen molar-refractivity contribution in [2.45, 2.75) is 12.0 Å². The lowest BCUT2D eigenvalue weighted by Crippen LogP contribution is -2.66. The van der Waals surface area contributed by atoms with E-state index in [4.69, 9.17) is 9.47 Å². The second-order valence-electron chi connectivity index (χ2n) is 6.45. The fourth-order valence-electron chi connectivity index (χ4n) is 3.10. The van der Waals surface area contributed by atoms with Crippen LogP contribution in [0.2, 0.25) is 0 Å². The molecule has 3 heterocycles. The number of likely N-dealkylation sites (N-methyl/N-ethyl adjacent to an activating group) is 1. The van der Waals surface area contributed by atoms with Crippen LogP contribution >= 0.6 is 0 Å². The Bertz CT molecular complexity index is 601. The van der Waals surface area contributed by atoms with E-state index in [1.165, 1.54) is 23.5 Å². The number of hydrogen-bond acceptors (Lipinski definition) is 6. The zero-order chi connectivity index (χ0) is 17.2. The summed E-state index contributed by atoms with van der Waals surface area (Å²) in [7, 11) is 3.40. The Balaban J connectivity index is 1.52. The van der Waals surface area contributed by atoms with Crippen LogP contribution in [0.3, 0.4) is 0 Å². The standard InChI is InChI=1S/C16H22N4O4/c1-19(2)14(21)9-23-8-12-3-6-24-16(12)10-20(11-16)15(22)13-7-17-4-5-18-13/h4-5,7,12H,3,6,8-11H2,1-2H3. The van der Waals surface area contributed by atoms with Crippen LogP contribution in [0.4, 0.5) is 0 Å². The van der Waals surface area contributed by atoms with Crippen LogP contribution in [-0.4, -0.2) is 84.2 Å². The molecule has 130 valence electrons. The number of rotatable bonds is 5. The van der Waals surface area contributed by atoms with Crippen LogP contribution in [0.1, 0.15) is 16.9 Å². The van der Waals surface area contributed by atoms with E-state index >= 15 is 0 Å². The van der Waals surface area contributed by atoms with Crippen LogP contribution in [0.15, 0.2) is 18.6 Å². The summed E-state index contributed by atoms with van der Waals surface area (Å²) in [6.45, 7) is 2.24. The maximum absolute atomic E-state index is 12.3. The fraction of sp³-hybridized carbons (Fsp3) is 0.625. The third-order valence-electron chi connectivity index (χ3n) is 4.63. The van der Waals surface area contributed by atoms with Gasteiger partial charge in [0.15, 0.2) is 0 Å². The maximum Gasteiger partial charge on any atom is 0.274 e. The molecule has 2 saturated heterocycles. The second kappa shape index (κ2) is 6.82. The molecule has 0 saturated carbocycles. The summed E-state index contributed by atoms with van der Waals surface area (Å²) in [6, 6.07) is 0. The molecule has 24 heavy (non-hydrogen) atoms. The van der Waals surface area contributed by atoms with Gasteiger partial charge in [0, 0.05) is 39.0 Å². The zero-order valence-electron chi connectivity index (χ0n) is 14.0. The molecule has 0 bridgehead atoms. The van der Waals surface area contributed by atoms with E-state index in [1.807, 2.05) is 0 Å². The monoisotopic (exact) mass is 334 g/mol. The Labute approximate surface area is 140 Å². The number of likely N-dealkylation sites (tertiary alicyclic amines) is 1. The van der Waals surface area contributed by atoms with E-state index in [9.17, 15) is 9.59 Å². The Morgan fingerprint density at radius 3 is 2.88 bits per heavy atom. The molecule has 1 aromatic rings. The van der Waals surface area contributed by atoms with Gasteiger partial charge in [0.25, 0.3) is 5.91 Å². The maximum atomic E-state index is 12.3. The Hall–Kier alpha value is -2.06. The first-order valence-electron chi connectivity index (χ1n) is 7.99. The number of hydrogen-bond donors (Lipinski definition) is 0. The van der Waals surface area contributed by atoms with Gasteiger partial charge in [-0.1, -0.05) is 0 Å². The molecule has 1 spiro atoms. The van der Waals surface area contributed by atoms with Crippen molar-refractivity contribution in [1.29, 1.82) is 0 Å². The molecule has 1 atom stereocenters. The van der Waals surface area contributed by atoms with Gasteiger partial charge < -0.3 is 19.3 Å². The van der Waals surface area contributed by atoms with Crippen molar-refractivity contribution in [3.63, 3.8) is 0 Å². The first-order valence-corrected chi connectivity index (χ1v) is 7.99. The largest absolute Gasteiger partial charge is 0.371 e. The van der Waals surface area contributed by atoms with Crippen molar-refractivity contribution in [3.05, 3.63) is 24.3 Å². The molecule has 1 aromatic heterocycles. The molecule has 2 fully saturated rings. The topological polar surface area (TPSA) is 84.9 Å². The second-order valence-corrected chi connectivity index (χ2v) is 6.45. The summed E-state index contributed by atoms with van der Waals surface area (Å²) in [5, 5.41) is 0. The molecule has 0 radical (unpaired) electrons. The summed E-state index contributed by atoms with van der Waals surface area (Å²) < 4.78 is 11.5. The van der Waals surface area contributed by atoms with Gasteiger partial charge in [-0.3, -0.25) is 14.6 Å². The minimum atomic E-state index is -0.348. The third-order valence-corrected chi connectivity index (χ3v) is 4.63. The van der Waals surface area contributed by atoms with Crippen molar-refractivity contribution < 1.29 is 19.1 Å². The van der Waals surface area contributed by atoms with Crippen LogP contribution < -0.4 is 0 Å². The first-order chi connectivity index (χ1) is 11.5. The quantitative estimate of drug-likeness (QED) is 0.742. The average Bonchev–Trinajstić information content (AvgIpc) is 2.97. The van der Waals surface area contributed by atoms with Crippen LogP contribution in [-0.2, 0) is 14.3 Å². The molecule has 2 aliphatic heterocycles. The molecule has 0 N–H and O–H groups in total. The molecule has 8 heteroatoms. The van der Waals surface area contributed by atoms with Gasteiger partial charge in [-0.15, -0.1) is 0 Å². The lowest BCUT2D eigenvalue weighted by molar-refractivity contribution is -0.141. The first kappa shape index (κ1) is 16.8. The number of aromatic nitrogens is 2. The van der Waals surface area contributed by atoms with Gasteiger partial charge in [-0.05, 0) is 6.42 Å². The minimum absolute atomic E-state index is 0.0592. The van der Waals surface area contributed by atoms with E-state index in [1.54, 1.807) is 19.0 Å². The summed E-state index contributed by atoms with van der Waals surface area (Å²) in [6.07, 6.45) is 5.39. The predicted octanol–water partition coefficient (Wildman–Crippen LogP) is -0.187. The highest BCUT2D eigenvalue weighted by Gasteiger charge is 2.54. The molecule has 1 unspecified atom stereocenters. The highest BCUT2D eigenvalue weighted by molar-refractivity contribution is 5.92. The molecule has 2 aliphatic rings. The summed E-state index contributed by atoms with van der Waals surface area (Å²) in [5.74, 6) is 0.001000. The van der Waals surface area contributed by atoms with Gasteiger partial charge in [-0.25, -0.2) is 4.98 Å². The van der Waals surface area contributed by atoms with Crippen molar-refractivity contribution >= 4 is 11.8 Å². The van der Waals surface area contributed by atoms with E-state index in [0.717, 1.165) is 6.42 Å². The van der Waals surface area contributed by atoms with Crippen molar-refractivity contribution in [1.82, 2.24) is 19.8 Å². The highest BCUT2D eigenvalue weighted by atomic mass is 16.5. The highest BCUT2D eigenvalue weighted by Crippen LogP contribution is 2.40. The summed E-state index contributed by atoms with van der Waals surface area (Å²) >= 11 is 0. The van der Waals surface area contributed by atoms with Crippen LogP contribution in [0.5, 0.6) is 0 Å². The van der Waals surface area contributed by atoms with Crippen molar-refractivity contribution in [2.75, 3.05) is 47.0 Å². The van der Waals surface area contributed by atoms with Crippen molar-refractivity contribution in [2.24, 2.45) is 5.92 Å². The number of nitrogens with zero attached hydrogens (tertiary/aromatic N) is 4. The lowest BCUT2D eigenvalue weighted by Gasteiger charge is -2.49. The van der Waals surface area contributed by atoms with Crippen LogP contribution in [0, 0.1) is 5.92 Å². The SMILES string of the molecule is CN(C)C(=O)COCC1CCOC12CN(C(=O)c1cnccn1)C2. The third kappa shape index (κ3) is 3.25. The van der Waals surface area contributed by atoms with E-state index in [-0.39, 0.29) is 29.9 Å². The van der Waals surface area contributed by atoms with E-state index in [2.05, 4.69) is 9.97 Å². The molecule has 8 nitrogen and oxygen atoms in total. The Kier molecular flexibility index (Phi) is 4.77. The van der Waals surface area contributed by atoms with Crippen LogP contribution in [0.25, 0.3) is 0 Å². The van der Waals surface area contributed by atoms with Gasteiger partial charge >= 0.3 is 0 Å². The van der Waals surface area contributed by atoms with Gasteiger partial charge in [0.05, 0.1) is 25.9 Å². The predicted molar refractivity (Wildman–Crippen MR) is 84.2 cm³/mol. The molecule has 0 aromatic carbocycles. The van der Waals surface area contributed by atoms with E-state index < -0.39 is 0 Å². The molecular formula is C16H22N4O4. The number of ether oxygens (including phenoxy) is 2. The lowest BCUT2D eigenvalue weighted by atomic mass is 9.81. The Morgan fingerprint density at radius 1 is 1.42 bits per heavy atom. The summed E-state index contributed by atoms with van der Waals surface area (Å²) in [4.78, 5) is 35.1. The minimum Gasteiger partial charge on any atom is -0.371 e. The average molecular weight is 334 g/mol. The summed E-state index contributed by atoms with van der Waals surface area (Å²) in [5.41, 5.74) is -0.00584. The van der Waals surface area contributed by atoms with Gasteiger partial charge in [0.2, 0.25) is 5.91 Å². The number of carbonyl (C=O) groups is 2.